The first-order valence-corrected chi connectivity index (χ1v) is 9.06. The van der Waals surface area contributed by atoms with E-state index in [1.165, 1.54) is 16.8 Å². The second-order valence-electron chi connectivity index (χ2n) is 6.56. The van der Waals surface area contributed by atoms with Gasteiger partial charge in [-0.15, -0.1) is 0 Å². The first kappa shape index (κ1) is 17.0. The quantitative estimate of drug-likeness (QED) is 0.825. The molecule has 0 unspecified atom stereocenters. The molecule has 1 aliphatic rings. The van der Waals surface area contributed by atoms with Crippen LogP contribution in [0, 0.1) is 0 Å². The lowest BCUT2D eigenvalue weighted by molar-refractivity contribution is 0.156. The van der Waals surface area contributed by atoms with E-state index in [9.17, 15) is 0 Å². The molecule has 0 saturated carbocycles. The van der Waals surface area contributed by atoms with Crippen LogP contribution < -0.4 is 5.32 Å². The lowest BCUT2D eigenvalue weighted by atomic mass is 10.0. The van der Waals surface area contributed by atoms with Gasteiger partial charge in [0.1, 0.15) is 0 Å². The summed E-state index contributed by atoms with van der Waals surface area (Å²) in [5, 5.41) is 3.60. The zero-order valence-corrected chi connectivity index (χ0v) is 15.1. The lowest BCUT2D eigenvalue weighted by Crippen LogP contribution is -2.35. The summed E-state index contributed by atoms with van der Waals surface area (Å²) in [6.07, 6.45) is 0. The number of fused-ring (bicyclic) bond motifs is 1. The molecular formula is C21H29N3. The minimum Gasteiger partial charge on any atom is -0.383 e. The molecule has 128 valence electrons. The minimum absolute atomic E-state index is 0.418. The Morgan fingerprint density at radius 1 is 0.875 bits per heavy atom. The molecule has 0 bridgehead atoms. The molecule has 2 aromatic carbocycles. The molecule has 24 heavy (non-hydrogen) atoms. The smallest absolute Gasteiger partial charge is 0.0527 e. The van der Waals surface area contributed by atoms with E-state index in [4.69, 9.17) is 0 Å². The van der Waals surface area contributed by atoms with Gasteiger partial charge in [-0.1, -0.05) is 56.3 Å². The maximum absolute atomic E-state index is 3.60. The maximum atomic E-state index is 3.60. The third-order valence-electron chi connectivity index (χ3n) is 5.30. The Morgan fingerprint density at radius 3 is 2.08 bits per heavy atom. The highest BCUT2D eigenvalue weighted by molar-refractivity contribution is 5.44. The molecule has 0 saturated heterocycles. The van der Waals surface area contributed by atoms with Crippen molar-refractivity contribution in [2.24, 2.45) is 0 Å². The SMILES string of the molecule is CCN(CC)C[C@@H]1c2ccccc2[C@@H](CNc2ccccc2)N1C. The summed E-state index contributed by atoms with van der Waals surface area (Å²) in [6.45, 7) is 8.75. The molecule has 0 amide bonds. The number of likely N-dealkylation sites (N-methyl/N-ethyl adjacent to an activating group) is 2. The summed E-state index contributed by atoms with van der Waals surface area (Å²) in [6, 6.07) is 20.3. The van der Waals surface area contributed by atoms with Gasteiger partial charge < -0.3 is 10.2 Å². The van der Waals surface area contributed by atoms with E-state index >= 15 is 0 Å². The Kier molecular flexibility index (Phi) is 5.54. The van der Waals surface area contributed by atoms with Crippen molar-refractivity contribution in [3.63, 3.8) is 0 Å². The molecule has 2 atom stereocenters. The van der Waals surface area contributed by atoms with Gasteiger partial charge in [-0.3, -0.25) is 4.90 Å². The van der Waals surface area contributed by atoms with E-state index in [-0.39, 0.29) is 0 Å². The summed E-state index contributed by atoms with van der Waals surface area (Å²) >= 11 is 0. The van der Waals surface area contributed by atoms with Crippen LogP contribution in [0.3, 0.4) is 0 Å². The Hall–Kier alpha value is -1.84. The molecule has 3 rings (SSSR count). The number of benzene rings is 2. The van der Waals surface area contributed by atoms with Crippen LogP contribution in [0.4, 0.5) is 5.69 Å². The van der Waals surface area contributed by atoms with Crippen LogP contribution in [0.2, 0.25) is 0 Å². The van der Waals surface area contributed by atoms with Crippen LogP contribution in [0.25, 0.3) is 0 Å². The fourth-order valence-electron chi connectivity index (χ4n) is 3.75. The van der Waals surface area contributed by atoms with Crippen molar-refractivity contribution in [3.05, 3.63) is 65.7 Å². The minimum atomic E-state index is 0.418. The highest BCUT2D eigenvalue weighted by atomic mass is 15.2. The monoisotopic (exact) mass is 323 g/mol. The van der Waals surface area contributed by atoms with Gasteiger partial charge in [0.15, 0.2) is 0 Å². The number of hydrogen-bond acceptors (Lipinski definition) is 3. The average Bonchev–Trinajstić information content (AvgIpc) is 2.90. The predicted octanol–water partition coefficient (Wildman–Crippen LogP) is 4.17. The molecule has 0 radical (unpaired) electrons. The van der Waals surface area contributed by atoms with E-state index in [0.29, 0.717) is 12.1 Å². The third-order valence-corrected chi connectivity index (χ3v) is 5.30. The van der Waals surface area contributed by atoms with Crippen LogP contribution in [0.5, 0.6) is 0 Å². The number of nitrogens with zero attached hydrogens (tertiary/aromatic N) is 2. The lowest BCUT2D eigenvalue weighted by Gasteiger charge is -2.30. The topological polar surface area (TPSA) is 18.5 Å². The summed E-state index contributed by atoms with van der Waals surface area (Å²) < 4.78 is 0. The number of nitrogens with one attached hydrogen (secondary N) is 1. The fraction of sp³-hybridized carbons (Fsp3) is 0.429. The van der Waals surface area contributed by atoms with E-state index in [0.717, 1.165) is 26.2 Å². The summed E-state index contributed by atoms with van der Waals surface area (Å²) in [4.78, 5) is 5.06. The van der Waals surface area contributed by atoms with Crippen LogP contribution in [0.1, 0.15) is 37.1 Å². The molecule has 0 aromatic heterocycles. The molecule has 3 nitrogen and oxygen atoms in total. The summed E-state index contributed by atoms with van der Waals surface area (Å²) in [5.74, 6) is 0. The Labute approximate surface area is 146 Å². The van der Waals surface area contributed by atoms with E-state index in [1.807, 2.05) is 0 Å². The van der Waals surface area contributed by atoms with Crippen LogP contribution in [-0.2, 0) is 0 Å². The molecule has 2 aromatic rings. The normalized spacial score (nSPS) is 20.3. The van der Waals surface area contributed by atoms with Gasteiger partial charge in [-0.25, -0.2) is 0 Å². The highest BCUT2D eigenvalue weighted by Crippen LogP contribution is 2.41. The van der Waals surface area contributed by atoms with E-state index in [2.05, 4.69) is 90.6 Å². The van der Waals surface area contributed by atoms with Gasteiger partial charge in [0, 0.05) is 24.8 Å². The van der Waals surface area contributed by atoms with Gasteiger partial charge in [0.2, 0.25) is 0 Å². The van der Waals surface area contributed by atoms with Crippen LogP contribution in [-0.4, -0.2) is 43.0 Å². The average molecular weight is 323 g/mol. The van der Waals surface area contributed by atoms with Gasteiger partial charge in [0.25, 0.3) is 0 Å². The molecule has 3 heteroatoms. The highest BCUT2D eigenvalue weighted by Gasteiger charge is 2.35. The van der Waals surface area contributed by atoms with Crippen molar-refractivity contribution in [1.82, 2.24) is 9.80 Å². The van der Waals surface area contributed by atoms with Gasteiger partial charge in [-0.05, 0) is 43.4 Å². The zero-order valence-electron chi connectivity index (χ0n) is 15.1. The third kappa shape index (κ3) is 3.47. The van der Waals surface area contributed by atoms with Crippen LogP contribution in [0.15, 0.2) is 54.6 Å². The summed E-state index contributed by atoms with van der Waals surface area (Å²) in [7, 11) is 2.27. The molecule has 1 heterocycles. The van der Waals surface area contributed by atoms with E-state index < -0.39 is 0 Å². The maximum Gasteiger partial charge on any atom is 0.0527 e. The summed E-state index contributed by atoms with van der Waals surface area (Å²) in [5.41, 5.74) is 4.16. The molecular weight excluding hydrogens is 294 g/mol. The number of anilines is 1. The van der Waals surface area contributed by atoms with Crippen molar-refractivity contribution in [3.8, 4) is 0 Å². The van der Waals surface area contributed by atoms with Crippen molar-refractivity contribution in [2.75, 3.05) is 38.5 Å². The molecule has 1 N–H and O–H groups in total. The predicted molar refractivity (Wildman–Crippen MR) is 102 cm³/mol. The van der Waals surface area contributed by atoms with Gasteiger partial charge in [-0.2, -0.15) is 0 Å². The second kappa shape index (κ2) is 7.82. The molecule has 0 spiro atoms. The van der Waals surface area contributed by atoms with Crippen molar-refractivity contribution in [2.45, 2.75) is 25.9 Å². The standard InChI is InChI=1S/C21H29N3/c1-4-24(5-2)16-21-19-14-10-9-13-18(19)20(23(21)3)15-22-17-11-7-6-8-12-17/h6-14,20-22H,4-5,15-16H2,1-3H3/t20-,21-/m1/s1. The van der Waals surface area contributed by atoms with E-state index in [1.54, 1.807) is 0 Å². The Balaban J connectivity index is 1.78. The molecule has 0 aliphatic carbocycles. The number of rotatable bonds is 7. The van der Waals surface area contributed by atoms with Crippen molar-refractivity contribution >= 4 is 5.69 Å². The van der Waals surface area contributed by atoms with Crippen molar-refractivity contribution in [1.29, 1.82) is 0 Å². The Bertz CT molecular complexity index is 637. The van der Waals surface area contributed by atoms with Crippen molar-refractivity contribution < 1.29 is 0 Å². The number of para-hydroxylation sites is 1. The van der Waals surface area contributed by atoms with Crippen LogP contribution >= 0.6 is 0 Å². The zero-order chi connectivity index (χ0) is 16.9. The second-order valence-corrected chi connectivity index (χ2v) is 6.56. The largest absolute Gasteiger partial charge is 0.383 e. The van der Waals surface area contributed by atoms with Gasteiger partial charge in [0.05, 0.1) is 6.04 Å². The van der Waals surface area contributed by atoms with Gasteiger partial charge >= 0.3 is 0 Å². The molecule has 1 aliphatic heterocycles. The Morgan fingerprint density at radius 2 is 1.46 bits per heavy atom. The number of hydrogen-bond donors (Lipinski definition) is 1. The first-order valence-electron chi connectivity index (χ1n) is 9.06. The molecule has 0 fully saturated rings. The fourth-order valence-corrected chi connectivity index (χ4v) is 3.75. The first-order chi connectivity index (χ1) is 11.7.